The summed E-state index contributed by atoms with van der Waals surface area (Å²) >= 11 is 0. The average molecular weight is 339 g/mol. The molecule has 0 amide bonds. The number of aromatic nitrogens is 1. The van der Waals surface area contributed by atoms with E-state index < -0.39 is 6.10 Å². The van der Waals surface area contributed by atoms with Crippen LogP contribution in [-0.2, 0) is 9.47 Å². The summed E-state index contributed by atoms with van der Waals surface area (Å²) in [5.41, 5.74) is 3.04. The van der Waals surface area contributed by atoms with Crippen molar-refractivity contribution >= 4 is 11.5 Å². The second kappa shape index (κ2) is 7.96. The minimum absolute atomic E-state index is 0.0720. The van der Waals surface area contributed by atoms with E-state index in [1.807, 2.05) is 65.2 Å². The molecule has 0 radical (unpaired) electrons. The van der Waals surface area contributed by atoms with Gasteiger partial charge in [0.25, 0.3) is 0 Å². The quantitative estimate of drug-likeness (QED) is 0.672. The number of fused-ring (bicyclic) bond motifs is 1. The van der Waals surface area contributed by atoms with Gasteiger partial charge in [-0.25, -0.2) is 4.79 Å². The normalized spacial score (nSPS) is 12.2. The topological polar surface area (TPSA) is 60.2 Å². The number of pyridine rings is 1. The summed E-state index contributed by atoms with van der Waals surface area (Å²) in [5, 5.41) is 9.18. The van der Waals surface area contributed by atoms with Crippen molar-refractivity contribution < 1.29 is 19.4 Å². The van der Waals surface area contributed by atoms with Crippen LogP contribution in [0.3, 0.4) is 0 Å². The molecule has 0 unspecified atom stereocenters. The molecule has 3 aromatic rings. The molecule has 0 aliphatic heterocycles. The number of benzene rings is 1. The Morgan fingerprint density at radius 2 is 1.92 bits per heavy atom. The van der Waals surface area contributed by atoms with Gasteiger partial charge in [-0.1, -0.05) is 36.4 Å². The number of carbonyl (C=O) groups excluding carboxylic acids is 1. The van der Waals surface area contributed by atoms with E-state index >= 15 is 0 Å². The first kappa shape index (κ1) is 17.2. The Hall–Kier alpha value is -2.63. The maximum atomic E-state index is 12.3. The Balaban J connectivity index is 2.12. The van der Waals surface area contributed by atoms with Crippen molar-refractivity contribution in [1.82, 2.24) is 4.40 Å². The lowest BCUT2D eigenvalue weighted by Gasteiger charge is -2.18. The van der Waals surface area contributed by atoms with Crippen molar-refractivity contribution in [3.05, 3.63) is 77.6 Å². The Labute approximate surface area is 146 Å². The van der Waals surface area contributed by atoms with E-state index in [0.29, 0.717) is 12.2 Å². The van der Waals surface area contributed by atoms with Gasteiger partial charge in [-0.2, -0.15) is 0 Å². The summed E-state index contributed by atoms with van der Waals surface area (Å²) in [5.74, 6) is -0.355. The Morgan fingerprint density at radius 3 is 2.64 bits per heavy atom. The summed E-state index contributed by atoms with van der Waals surface area (Å²) < 4.78 is 13.0. The number of hydrogen-bond acceptors (Lipinski definition) is 4. The molecule has 130 valence electrons. The first-order chi connectivity index (χ1) is 12.3. The van der Waals surface area contributed by atoms with Gasteiger partial charge in [-0.05, 0) is 30.7 Å². The first-order valence-corrected chi connectivity index (χ1v) is 8.30. The highest BCUT2D eigenvalue weighted by Gasteiger charge is 2.23. The predicted octanol–water partition coefficient (Wildman–Crippen LogP) is 3.21. The molecule has 2 aromatic heterocycles. The van der Waals surface area contributed by atoms with E-state index in [9.17, 15) is 9.90 Å². The van der Waals surface area contributed by atoms with Gasteiger partial charge >= 0.3 is 5.97 Å². The number of nitrogens with zero attached hydrogens (tertiary/aromatic N) is 1. The lowest BCUT2D eigenvalue weighted by molar-refractivity contribution is 0.0474. The Bertz CT molecular complexity index is 841. The van der Waals surface area contributed by atoms with Crippen LogP contribution in [0, 0.1) is 0 Å². The number of rotatable bonds is 7. The molecular formula is C20H21NO4. The third-order valence-corrected chi connectivity index (χ3v) is 3.95. The molecule has 3 rings (SSSR count). The summed E-state index contributed by atoms with van der Waals surface area (Å²) in [4.78, 5) is 12.3. The SMILES string of the molecule is CCOC(=O)c1cc([C@@H](OCCO)c2ccccc2)n2ccccc12. The molecular weight excluding hydrogens is 318 g/mol. The summed E-state index contributed by atoms with van der Waals surface area (Å²) in [7, 11) is 0. The number of ether oxygens (including phenoxy) is 2. The van der Waals surface area contributed by atoms with E-state index in [1.54, 1.807) is 6.92 Å². The molecule has 1 aromatic carbocycles. The van der Waals surface area contributed by atoms with Crippen LogP contribution < -0.4 is 0 Å². The standard InChI is InChI=1S/C20H21NO4/c1-2-24-20(23)16-14-18(21-11-7-6-10-17(16)21)19(25-13-12-22)15-8-4-3-5-9-15/h3-11,14,19,22H,2,12-13H2,1H3/t19-/m0/s1. The van der Waals surface area contributed by atoms with E-state index in [-0.39, 0.29) is 19.2 Å². The number of aliphatic hydroxyl groups excluding tert-OH is 1. The van der Waals surface area contributed by atoms with Crippen LogP contribution in [0.25, 0.3) is 5.52 Å². The van der Waals surface area contributed by atoms with Gasteiger partial charge in [-0.3, -0.25) is 0 Å². The lowest BCUT2D eigenvalue weighted by Crippen LogP contribution is -2.11. The number of esters is 1. The first-order valence-electron chi connectivity index (χ1n) is 8.30. The zero-order chi connectivity index (χ0) is 17.6. The smallest absolute Gasteiger partial charge is 0.340 e. The molecule has 0 saturated heterocycles. The molecule has 0 bridgehead atoms. The fraction of sp³-hybridized carbons (Fsp3) is 0.250. The van der Waals surface area contributed by atoms with Gasteiger partial charge in [0.05, 0.1) is 36.6 Å². The zero-order valence-electron chi connectivity index (χ0n) is 14.1. The monoisotopic (exact) mass is 339 g/mol. The van der Waals surface area contributed by atoms with Crippen molar-refractivity contribution in [3.63, 3.8) is 0 Å². The molecule has 0 aliphatic rings. The second-order valence-electron chi connectivity index (χ2n) is 5.54. The largest absolute Gasteiger partial charge is 0.462 e. The number of carbonyl (C=O) groups is 1. The molecule has 1 N–H and O–H groups in total. The molecule has 0 aliphatic carbocycles. The van der Waals surface area contributed by atoms with Gasteiger partial charge in [0.15, 0.2) is 0 Å². The van der Waals surface area contributed by atoms with Crippen molar-refractivity contribution in [2.75, 3.05) is 19.8 Å². The summed E-state index contributed by atoms with van der Waals surface area (Å²) in [6.45, 7) is 2.24. The van der Waals surface area contributed by atoms with Crippen molar-refractivity contribution in [2.24, 2.45) is 0 Å². The fourth-order valence-electron chi connectivity index (χ4n) is 2.90. The van der Waals surface area contributed by atoms with Crippen molar-refractivity contribution in [1.29, 1.82) is 0 Å². The van der Waals surface area contributed by atoms with Crippen molar-refractivity contribution in [3.8, 4) is 0 Å². The molecule has 2 heterocycles. The van der Waals surface area contributed by atoms with E-state index in [4.69, 9.17) is 9.47 Å². The van der Waals surface area contributed by atoms with E-state index in [1.165, 1.54) is 0 Å². The molecule has 0 spiro atoms. The molecule has 1 atom stereocenters. The molecule has 5 nitrogen and oxygen atoms in total. The Kier molecular flexibility index (Phi) is 5.48. The second-order valence-corrected chi connectivity index (χ2v) is 5.54. The highest BCUT2D eigenvalue weighted by Crippen LogP contribution is 2.30. The zero-order valence-corrected chi connectivity index (χ0v) is 14.1. The molecule has 0 saturated carbocycles. The van der Waals surface area contributed by atoms with Crippen molar-refractivity contribution in [2.45, 2.75) is 13.0 Å². The maximum Gasteiger partial charge on any atom is 0.340 e. The van der Waals surface area contributed by atoms with Gasteiger partial charge in [0.1, 0.15) is 6.10 Å². The highest BCUT2D eigenvalue weighted by atomic mass is 16.5. The van der Waals surface area contributed by atoms with Crippen LogP contribution >= 0.6 is 0 Å². The Morgan fingerprint density at radius 1 is 1.16 bits per heavy atom. The summed E-state index contributed by atoms with van der Waals surface area (Å²) in [6, 6.07) is 17.2. The van der Waals surface area contributed by atoms with Crippen LogP contribution in [0.2, 0.25) is 0 Å². The summed E-state index contributed by atoms with van der Waals surface area (Å²) in [6.07, 6.45) is 1.50. The molecule has 5 heteroatoms. The average Bonchev–Trinajstić information content (AvgIpc) is 3.03. The van der Waals surface area contributed by atoms with E-state index in [0.717, 1.165) is 16.8 Å². The number of aliphatic hydroxyl groups is 1. The fourth-order valence-corrected chi connectivity index (χ4v) is 2.90. The predicted molar refractivity (Wildman–Crippen MR) is 94.7 cm³/mol. The van der Waals surface area contributed by atoms with E-state index in [2.05, 4.69) is 0 Å². The van der Waals surface area contributed by atoms with Gasteiger partial charge in [0, 0.05) is 6.20 Å². The highest BCUT2D eigenvalue weighted by molar-refractivity contribution is 5.97. The maximum absolute atomic E-state index is 12.3. The van der Waals surface area contributed by atoms with Crippen LogP contribution in [0.15, 0.2) is 60.8 Å². The third-order valence-electron chi connectivity index (χ3n) is 3.95. The van der Waals surface area contributed by atoms with Crippen LogP contribution in [0.1, 0.15) is 34.6 Å². The minimum Gasteiger partial charge on any atom is -0.462 e. The van der Waals surface area contributed by atoms with Gasteiger partial charge < -0.3 is 19.0 Å². The van der Waals surface area contributed by atoms with Crippen LogP contribution in [0.5, 0.6) is 0 Å². The van der Waals surface area contributed by atoms with Gasteiger partial charge in [0.2, 0.25) is 0 Å². The number of hydrogen-bond donors (Lipinski definition) is 1. The minimum atomic E-state index is -0.397. The van der Waals surface area contributed by atoms with Gasteiger partial charge in [-0.15, -0.1) is 0 Å². The third kappa shape index (κ3) is 3.57. The van der Waals surface area contributed by atoms with Crippen LogP contribution in [0.4, 0.5) is 0 Å². The lowest BCUT2D eigenvalue weighted by atomic mass is 10.1. The van der Waals surface area contributed by atoms with Crippen LogP contribution in [-0.4, -0.2) is 35.3 Å². The molecule has 25 heavy (non-hydrogen) atoms. The molecule has 0 fully saturated rings.